The van der Waals surface area contributed by atoms with Gasteiger partial charge in [-0.25, -0.2) is 0 Å². The molecular weight excluding hydrogens is 252 g/mol. The number of aryl methyl sites for hydroxylation is 3. The molecular formula is C16H22N2O2. The molecule has 0 unspecified atom stereocenters. The number of ether oxygens (including phenoxy) is 1. The lowest BCUT2D eigenvalue weighted by Crippen LogP contribution is -2.24. The van der Waals surface area contributed by atoms with Crippen LogP contribution in [0, 0.1) is 20.8 Å². The number of likely N-dealkylation sites (N-methyl/N-ethyl adjacent to an activating group) is 1. The fraction of sp³-hybridized carbons (Fsp3) is 0.438. The number of rotatable bonds is 6. The Hall–Kier alpha value is -1.81. The molecule has 108 valence electrons. The zero-order valence-electron chi connectivity index (χ0n) is 12.6. The summed E-state index contributed by atoms with van der Waals surface area (Å²) in [5.41, 5.74) is 3.38. The second kappa shape index (κ2) is 6.57. The lowest BCUT2D eigenvalue weighted by atomic mass is 10.2. The molecule has 0 aliphatic carbocycles. The molecule has 1 aromatic carbocycles. The largest absolute Gasteiger partial charge is 0.492 e. The van der Waals surface area contributed by atoms with Crippen molar-refractivity contribution in [3.05, 3.63) is 46.8 Å². The predicted molar refractivity (Wildman–Crippen MR) is 79.0 cm³/mol. The third-order valence-electron chi connectivity index (χ3n) is 3.37. The van der Waals surface area contributed by atoms with Crippen LogP contribution in [0.2, 0.25) is 0 Å². The molecule has 0 saturated heterocycles. The highest BCUT2D eigenvalue weighted by Crippen LogP contribution is 2.14. The molecule has 0 saturated carbocycles. The fourth-order valence-electron chi connectivity index (χ4n) is 2.03. The van der Waals surface area contributed by atoms with Gasteiger partial charge in [0.2, 0.25) is 0 Å². The van der Waals surface area contributed by atoms with E-state index in [-0.39, 0.29) is 0 Å². The van der Waals surface area contributed by atoms with Gasteiger partial charge >= 0.3 is 0 Å². The average Bonchev–Trinajstić information content (AvgIpc) is 2.73. The molecule has 1 aromatic heterocycles. The van der Waals surface area contributed by atoms with Crippen LogP contribution in [0.15, 0.2) is 28.8 Å². The van der Waals surface area contributed by atoms with Gasteiger partial charge in [-0.15, -0.1) is 0 Å². The van der Waals surface area contributed by atoms with Crippen LogP contribution in [0.5, 0.6) is 5.75 Å². The van der Waals surface area contributed by atoms with E-state index in [1.807, 2.05) is 26.0 Å². The van der Waals surface area contributed by atoms with Gasteiger partial charge in [-0.1, -0.05) is 22.9 Å². The van der Waals surface area contributed by atoms with Gasteiger partial charge in [0.25, 0.3) is 0 Å². The normalized spacial score (nSPS) is 11.1. The van der Waals surface area contributed by atoms with Gasteiger partial charge in [-0.05, 0) is 40.0 Å². The van der Waals surface area contributed by atoms with Gasteiger partial charge < -0.3 is 9.26 Å². The van der Waals surface area contributed by atoms with Gasteiger partial charge in [0.1, 0.15) is 18.1 Å². The lowest BCUT2D eigenvalue weighted by molar-refractivity contribution is 0.232. The van der Waals surface area contributed by atoms with E-state index < -0.39 is 0 Å². The number of hydrogen-bond acceptors (Lipinski definition) is 4. The summed E-state index contributed by atoms with van der Waals surface area (Å²) in [6, 6.07) is 8.12. The molecule has 0 fully saturated rings. The maximum atomic E-state index is 5.73. The van der Waals surface area contributed by atoms with Crippen molar-refractivity contribution in [3.63, 3.8) is 0 Å². The molecule has 0 aliphatic heterocycles. The number of hydrogen-bond donors (Lipinski definition) is 0. The Kier molecular flexibility index (Phi) is 4.79. The maximum absolute atomic E-state index is 5.73. The van der Waals surface area contributed by atoms with Gasteiger partial charge in [0.05, 0.1) is 5.69 Å². The van der Waals surface area contributed by atoms with Crippen LogP contribution >= 0.6 is 0 Å². The van der Waals surface area contributed by atoms with E-state index in [2.05, 4.69) is 36.2 Å². The average molecular weight is 274 g/mol. The Labute approximate surface area is 120 Å². The van der Waals surface area contributed by atoms with Crippen LogP contribution in [-0.4, -0.2) is 30.3 Å². The van der Waals surface area contributed by atoms with Gasteiger partial charge in [-0.3, -0.25) is 4.90 Å². The predicted octanol–water partition coefficient (Wildman–Crippen LogP) is 3.11. The summed E-state index contributed by atoms with van der Waals surface area (Å²) >= 11 is 0. The van der Waals surface area contributed by atoms with Gasteiger partial charge in [0.15, 0.2) is 0 Å². The third kappa shape index (κ3) is 3.84. The molecule has 0 spiro atoms. The van der Waals surface area contributed by atoms with E-state index in [0.29, 0.717) is 6.61 Å². The SMILES string of the molecule is Cc1ccc(OCCN(C)Cc2c(C)noc2C)cc1. The number of aromatic nitrogens is 1. The first-order chi connectivity index (χ1) is 9.56. The van der Waals surface area contributed by atoms with Crippen LogP contribution in [0.3, 0.4) is 0 Å². The monoisotopic (exact) mass is 274 g/mol. The van der Waals surface area contributed by atoms with Crippen LogP contribution in [0.4, 0.5) is 0 Å². The van der Waals surface area contributed by atoms with Crippen molar-refractivity contribution in [2.24, 2.45) is 0 Å². The molecule has 1 heterocycles. The first kappa shape index (κ1) is 14.6. The van der Waals surface area contributed by atoms with Crippen molar-refractivity contribution in [2.45, 2.75) is 27.3 Å². The van der Waals surface area contributed by atoms with Crippen molar-refractivity contribution < 1.29 is 9.26 Å². The molecule has 0 aliphatic rings. The number of nitrogens with zero attached hydrogens (tertiary/aromatic N) is 2. The fourth-order valence-corrected chi connectivity index (χ4v) is 2.03. The highest BCUT2D eigenvalue weighted by Gasteiger charge is 2.11. The Morgan fingerprint density at radius 3 is 2.45 bits per heavy atom. The molecule has 2 rings (SSSR count). The quantitative estimate of drug-likeness (QED) is 0.811. The van der Waals surface area contributed by atoms with Gasteiger partial charge in [-0.2, -0.15) is 0 Å². The Morgan fingerprint density at radius 1 is 1.15 bits per heavy atom. The Morgan fingerprint density at radius 2 is 1.85 bits per heavy atom. The molecule has 0 N–H and O–H groups in total. The first-order valence-electron chi connectivity index (χ1n) is 6.86. The first-order valence-corrected chi connectivity index (χ1v) is 6.86. The van der Waals surface area contributed by atoms with Crippen molar-refractivity contribution in [3.8, 4) is 5.75 Å². The molecule has 20 heavy (non-hydrogen) atoms. The standard InChI is InChI=1S/C16H22N2O2/c1-12-5-7-15(8-6-12)19-10-9-18(4)11-16-13(2)17-20-14(16)3/h5-8H,9-11H2,1-4H3. The topological polar surface area (TPSA) is 38.5 Å². The van der Waals surface area contributed by atoms with Crippen LogP contribution in [0.25, 0.3) is 0 Å². The Bertz CT molecular complexity index is 527. The molecule has 0 amide bonds. The minimum atomic E-state index is 0.670. The second-order valence-electron chi connectivity index (χ2n) is 5.20. The summed E-state index contributed by atoms with van der Waals surface area (Å²) in [7, 11) is 2.07. The lowest BCUT2D eigenvalue weighted by Gasteiger charge is -2.16. The van der Waals surface area contributed by atoms with E-state index in [4.69, 9.17) is 9.26 Å². The van der Waals surface area contributed by atoms with E-state index >= 15 is 0 Å². The highest BCUT2D eigenvalue weighted by molar-refractivity contribution is 5.26. The zero-order valence-corrected chi connectivity index (χ0v) is 12.6. The maximum Gasteiger partial charge on any atom is 0.138 e. The molecule has 2 aromatic rings. The van der Waals surface area contributed by atoms with E-state index in [1.54, 1.807) is 0 Å². The molecule has 4 heteroatoms. The van der Waals surface area contributed by atoms with Crippen molar-refractivity contribution in [1.29, 1.82) is 0 Å². The second-order valence-corrected chi connectivity index (χ2v) is 5.20. The summed E-state index contributed by atoms with van der Waals surface area (Å²) in [6.45, 7) is 8.36. The third-order valence-corrected chi connectivity index (χ3v) is 3.37. The van der Waals surface area contributed by atoms with Crippen molar-refractivity contribution >= 4 is 0 Å². The van der Waals surface area contributed by atoms with Gasteiger partial charge in [0, 0.05) is 18.7 Å². The smallest absolute Gasteiger partial charge is 0.138 e. The van der Waals surface area contributed by atoms with Crippen LogP contribution < -0.4 is 4.74 Å². The summed E-state index contributed by atoms with van der Waals surface area (Å²) < 4.78 is 10.9. The van der Waals surface area contributed by atoms with E-state index in [1.165, 1.54) is 11.1 Å². The molecule has 4 nitrogen and oxygen atoms in total. The van der Waals surface area contributed by atoms with Crippen molar-refractivity contribution in [1.82, 2.24) is 10.1 Å². The summed E-state index contributed by atoms with van der Waals surface area (Å²) in [4.78, 5) is 2.21. The zero-order chi connectivity index (χ0) is 14.5. The molecule has 0 bridgehead atoms. The number of benzene rings is 1. The Balaban J connectivity index is 1.78. The summed E-state index contributed by atoms with van der Waals surface area (Å²) in [5, 5.41) is 3.97. The van der Waals surface area contributed by atoms with E-state index in [0.717, 1.165) is 30.3 Å². The minimum Gasteiger partial charge on any atom is -0.492 e. The van der Waals surface area contributed by atoms with Crippen molar-refractivity contribution in [2.75, 3.05) is 20.2 Å². The minimum absolute atomic E-state index is 0.670. The summed E-state index contributed by atoms with van der Waals surface area (Å²) in [6.07, 6.45) is 0. The molecule has 0 radical (unpaired) electrons. The molecule has 0 atom stereocenters. The summed E-state index contributed by atoms with van der Waals surface area (Å²) in [5.74, 6) is 1.81. The highest BCUT2D eigenvalue weighted by atomic mass is 16.5. The van der Waals surface area contributed by atoms with Crippen LogP contribution in [-0.2, 0) is 6.54 Å². The van der Waals surface area contributed by atoms with Crippen LogP contribution in [0.1, 0.15) is 22.6 Å². The van der Waals surface area contributed by atoms with E-state index in [9.17, 15) is 0 Å².